The van der Waals surface area contributed by atoms with Crippen LogP contribution in [0.25, 0.3) is 0 Å². The largest absolute Gasteiger partial charge is 0.346 e. The van der Waals surface area contributed by atoms with Crippen molar-refractivity contribution in [2.75, 3.05) is 23.5 Å². The molecule has 2 heterocycles. The number of amides is 1. The van der Waals surface area contributed by atoms with Crippen LogP contribution >= 0.6 is 0 Å². The third-order valence-corrected chi connectivity index (χ3v) is 5.19. The fraction of sp³-hybridized carbons (Fsp3) is 0.643. The molecule has 7 nitrogen and oxygen atoms in total. The molecule has 122 valence electrons. The van der Waals surface area contributed by atoms with E-state index in [1.54, 1.807) is 18.0 Å². The van der Waals surface area contributed by atoms with Gasteiger partial charge in [0.1, 0.15) is 5.69 Å². The number of sulfone groups is 1. The summed E-state index contributed by atoms with van der Waals surface area (Å²) in [5.41, 5.74) is -0.0826. The van der Waals surface area contributed by atoms with Crippen LogP contribution in [0.5, 0.6) is 0 Å². The summed E-state index contributed by atoms with van der Waals surface area (Å²) in [4.78, 5) is 22.3. The molecule has 1 aromatic rings. The second kappa shape index (κ2) is 5.83. The summed E-state index contributed by atoms with van der Waals surface area (Å²) < 4.78 is 23.2. The topological polar surface area (TPSA) is 92.3 Å². The molecule has 2 rings (SSSR count). The van der Waals surface area contributed by atoms with Gasteiger partial charge < -0.3 is 10.2 Å². The summed E-state index contributed by atoms with van der Waals surface area (Å²) in [6.45, 7) is 5.67. The van der Waals surface area contributed by atoms with Gasteiger partial charge in [0.05, 0.1) is 11.5 Å². The molecule has 1 atom stereocenters. The SMILES string of the molecule is CN(c1nccc(C(=O)NC(C)(C)C)n1)C1CCS(=O)(=O)C1. The summed E-state index contributed by atoms with van der Waals surface area (Å²) in [5, 5.41) is 2.84. The van der Waals surface area contributed by atoms with Crippen LogP contribution in [0.4, 0.5) is 5.95 Å². The van der Waals surface area contributed by atoms with Gasteiger partial charge in [0.15, 0.2) is 9.84 Å². The minimum absolute atomic E-state index is 0.102. The summed E-state index contributed by atoms with van der Waals surface area (Å²) in [6.07, 6.45) is 2.07. The van der Waals surface area contributed by atoms with E-state index in [1.165, 1.54) is 6.20 Å². The molecule has 0 spiro atoms. The molecular formula is C14H22N4O3S. The number of hydrogen-bond donors (Lipinski definition) is 1. The van der Waals surface area contributed by atoms with Gasteiger partial charge in [-0.3, -0.25) is 4.79 Å². The second-order valence-corrected chi connectivity index (χ2v) is 8.84. The van der Waals surface area contributed by atoms with Gasteiger partial charge in [-0.05, 0) is 33.3 Å². The zero-order chi connectivity index (χ0) is 16.5. The Morgan fingerprint density at radius 2 is 2.09 bits per heavy atom. The van der Waals surface area contributed by atoms with Crippen molar-refractivity contribution in [1.29, 1.82) is 0 Å². The molecule has 1 amide bonds. The smallest absolute Gasteiger partial charge is 0.270 e. The van der Waals surface area contributed by atoms with Crippen molar-refractivity contribution in [1.82, 2.24) is 15.3 Å². The van der Waals surface area contributed by atoms with Crippen LogP contribution in [-0.2, 0) is 9.84 Å². The zero-order valence-corrected chi connectivity index (χ0v) is 14.1. The number of aromatic nitrogens is 2. The molecule has 1 aliphatic heterocycles. The van der Waals surface area contributed by atoms with Crippen LogP contribution in [0.1, 0.15) is 37.7 Å². The summed E-state index contributed by atoms with van der Waals surface area (Å²) >= 11 is 0. The Morgan fingerprint density at radius 1 is 1.41 bits per heavy atom. The standard InChI is InChI=1S/C14H22N4O3S/c1-14(2,3)17-12(19)11-5-7-15-13(16-11)18(4)10-6-8-22(20,21)9-10/h5,7,10H,6,8-9H2,1-4H3,(H,17,19). The quantitative estimate of drug-likeness (QED) is 0.876. The Kier molecular flexibility index (Phi) is 4.42. The summed E-state index contributed by atoms with van der Waals surface area (Å²) in [7, 11) is -1.22. The minimum Gasteiger partial charge on any atom is -0.346 e. The van der Waals surface area contributed by atoms with Crippen molar-refractivity contribution in [3.05, 3.63) is 18.0 Å². The highest BCUT2D eigenvalue weighted by Crippen LogP contribution is 2.20. The van der Waals surface area contributed by atoms with Crippen molar-refractivity contribution in [3.63, 3.8) is 0 Å². The highest BCUT2D eigenvalue weighted by Gasteiger charge is 2.32. The lowest BCUT2D eigenvalue weighted by molar-refractivity contribution is 0.0914. The van der Waals surface area contributed by atoms with E-state index >= 15 is 0 Å². The first kappa shape index (κ1) is 16.7. The summed E-state index contributed by atoms with van der Waals surface area (Å²) in [6, 6.07) is 1.40. The number of carbonyl (C=O) groups excluding carboxylic acids is 1. The van der Waals surface area contributed by atoms with Gasteiger partial charge >= 0.3 is 0 Å². The van der Waals surface area contributed by atoms with Gasteiger partial charge in [0.25, 0.3) is 5.91 Å². The first-order valence-corrected chi connectivity index (χ1v) is 8.98. The molecule has 0 aromatic carbocycles. The maximum absolute atomic E-state index is 12.1. The maximum atomic E-state index is 12.1. The van der Waals surface area contributed by atoms with Crippen LogP contribution in [0.15, 0.2) is 12.3 Å². The molecule has 0 saturated carbocycles. The van der Waals surface area contributed by atoms with Gasteiger partial charge in [-0.15, -0.1) is 0 Å². The van der Waals surface area contributed by atoms with Crippen molar-refractivity contribution >= 4 is 21.7 Å². The molecule has 1 fully saturated rings. The molecule has 0 radical (unpaired) electrons. The average molecular weight is 326 g/mol. The van der Waals surface area contributed by atoms with Crippen LogP contribution in [0, 0.1) is 0 Å². The third-order valence-electron chi connectivity index (χ3n) is 3.44. The first-order chi connectivity index (χ1) is 10.1. The second-order valence-electron chi connectivity index (χ2n) is 6.61. The normalized spacial score (nSPS) is 20.6. The van der Waals surface area contributed by atoms with Gasteiger partial charge in [-0.2, -0.15) is 0 Å². The Bertz CT molecular complexity index is 667. The van der Waals surface area contributed by atoms with E-state index in [2.05, 4.69) is 15.3 Å². The number of nitrogens with one attached hydrogen (secondary N) is 1. The van der Waals surface area contributed by atoms with Crippen molar-refractivity contribution < 1.29 is 13.2 Å². The van der Waals surface area contributed by atoms with E-state index < -0.39 is 9.84 Å². The van der Waals surface area contributed by atoms with Crippen LogP contribution < -0.4 is 10.2 Å². The Labute approximate surface area is 131 Å². The number of rotatable bonds is 3. The number of anilines is 1. The monoisotopic (exact) mass is 326 g/mol. The number of nitrogens with zero attached hydrogens (tertiary/aromatic N) is 3. The molecule has 0 aliphatic carbocycles. The van der Waals surface area contributed by atoms with Gasteiger partial charge in [0.2, 0.25) is 5.95 Å². The molecule has 1 saturated heterocycles. The van der Waals surface area contributed by atoms with Crippen LogP contribution in [0.3, 0.4) is 0 Å². The third kappa shape index (κ3) is 4.16. The van der Waals surface area contributed by atoms with Gasteiger partial charge in [-0.25, -0.2) is 18.4 Å². The van der Waals surface area contributed by atoms with Crippen molar-refractivity contribution in [2.45, 2.75) is 38.8 Å². The highest BCUT2D eigenvalue weighted by atomic mass is 32.2. The van der Waals surface area contributed by atoms with E-state index in [0.29, 0.717) is 12.4 Å². The summed E-state index contributed by atoms with van der Waals surface area (Å²) in [5.74, 6) is 0.379. The predicted molar refractivity (Wildman–Crippen MR) is 84.7 cm³/mol. The van der Waals surface area contributed by atoms with Crippen LogP contribution in [-0.4, -0.2) is 54.4 Å². The fourth-order valence-corrected chi connectivity index (χ4v) is 4.07. The number of carbonyl (C=O) groups is 1. The van der Waals surface area contributed by atoms with Crippen LogP contribution in [0.2, 0.25) is 0 Å². The molecule has 1 aliphatic rings. The van der Waals surface area contributed by atoms with Crippen molar-refractivity contribution in [2.24, 2.45) is 0 Å². The lowest BCUT2D eigenvalue weighted by Gasteiger charge is -2.24. The molecule has 22 heavy (non-hydrogen) atoms. The Morgan fingerprint density at radius 3 is 2.64 bits per heavy atom. The molecule has 1 unspecified atom stereocenters. The maximum Gasteiger partial charge on any atom is 0.270 e. The minimum atomic E-state index is -2.98. The van der Waals surface area contributed by atoms with Gasteiger partial charge in [0, 0.05) is 24.8 Å². The highest BCUT2D eigenvalue weighted by molar-refractivity contribution is 7.91. The molecule has 1 N–H and O–H groups in total. The lowest BCUT2D eigenvalue weighted by Crippen LogP contribution is -2.41. The zero-order valence-electron chi connectivity index (χ0n) is 13.3. The lowest BCUT2D eigenvalue weighted by atomic mass is 10.1. The van der Waals surface area contributed by atoms with Crippen molar-refractivity contribution in [3.8, 4) is 0 Å². The van der Waals surface area contributed by atoms with E-state index in [4.69, 9.17) is 0 Å². The predicted octanol–water partition coefficient (Wildman–Crippen LogP) is 0.628. The van der Waals surface area contributed by atoms with E-state index in [1.807, 2.05) is 20.8 Å². The Balaban J connectivity index is 2.16. The average Bonchev–Trinajstić information content (AvgIpc) is 2.76. The van der Waals surface area contributed by atoms with E-state index in [9.17, 15) is 13.2 Å². The molecule has 1 aromatic heterocycles. The number of hydrogen-bond acceptors (Lipinski definition) is 6. The molecule has 8 heteroatoms. The Hall–Kier alpha value is -1.70. The van der Waals surface area contributed by atoms with E-state index in [0.717, 1.165) is 0 Å². The first-order valence-electron chi connectivity index (χ1n) is 7.16. The molecular weight excluding hydrogens is 304 g/mol. The molecule has 0 bridgehead atoms. The fourth-order valence-electron chi connectivity index (χ4n) is 2.29. The van der Waals surface area contributed by atoms with E-state index in [-0.39, 0.29) is 34.7 Å². The van der Waals surface area contributed by atoms with Gasteiger partial charge in [-0.1, -0.05) is 0 Å².